The summed E-state index contributed by atoms with van der Waals surface area (Å²) in [7, 11) is 0. The summed E-state index contributed by atoms with van der Waals surface area (Å²) in [5.41, 5.74) is 9.60. The molecule has 0 saturated heterocycles. The highest BCUT2D eigenvalue weighted by Crippen LogP contribution is 2.42. The Morgan fingerprint density at radius 2 is 2.17 bits per heavy atom. The molecule has 0 aromatic heterocycles. The first-order valence-electron chi connectivity index (χ1n) is 4.69. The maximum absolute atomic E-state index is 5.72. The molecule has 2 rings (SSSR count). The normalized spacial score (nSPS) is 16.4. The van der Waals surface area contributed by atoms with Crippen LogP contribution in [0.1, 0.15) is 36.8 Å². The van der Waals surface area contributed by atoms with Gasteiger partial charge in [-0.05, 0) is 48.4 Å². The Bertz CT molecular complexity index is 287. The Morgan fingerprint density at radius 1 is 1.42 bits per heavy atom. The van der Waals surface area contributed by atoms with Crippen molar-refractivity contribution in [2.45, 2.75) is 32.1 Å². The molecule has 0 amide bonds. The molecule has 1 saturated carbocycles. The van der Waals surface area contributed by atoms with E-state index in [1.54, 1.807) is 0 Å². The van der Waals surface area contributed by atoms with Crippen LogP contribution in [-0.2, 0) is 6.42 Å². The zero-order valence-electron chi connectivity index (χ0n) is 7.51. The Kier molecular flexibility index (Phi) is 1.80. The van der Waals surface area contributed by atoms with E-state index < -0.39 is 0 Å². The van der Waals surface area contributed by atoms with Gasteiger partial charge in [0.05, 0.1) is 0 Å². The molecule has 0 bridgehead atoms. The van der Waals surface area contributed by atoms with Gasteiger partial charge in [0.2, 0.25) is 0 Å². The summed E-state index contributed by atoms with van der Waals surface area (Å²) in [5.74, 6) is 0.848. The van der Waals surface area contributed by atoms with E-state index in [1.807, 2.05) is 6.07 Å². The fourth-order valence-electron chi connectivity index (χ4n) is 1.72. The van der Waals surface area contributed by atoms with E-state index in [4.69, 9.17) is 5.73 Å². The molecule has 1 nitrogen and oxygen atoms in total. The van der Waals surface area contributed by atoms with E-state index in [9.17, 15) is 0 Å². The third-order valence-electron chi connectivity index (χ3n) is 2.57. The van der Waals surface area contributed by atoms with Gasteiger partial charge in [-0.1, -0.05) is 13.0 Å². The van der Waals surface area contributed by atoms with Crippen LogP contribution in [0.2, 0.25) is 0 Å². The van der Waals surface area contributed by atoms with Gasteiger partial charge in [-0.2, -0.15) is 0 Å². The van der Waals surface area contributed by atoms with Gasteiger partial charge in [0, 0.05) is 5.69 Å². The number of nitrogen functional groups attached to an aromatic ring is 1. The van der Waals surface area contributed by atoms with Gasteiger partial charge in [0.25, 0.3) is 0 Å². The predicted molar refractivity (Wildman–Crippen MR) is 52.2 cm³/mol. The number of hydrogen-bond acceptors (Lipinski definition) is 1. The molecule has 0 aliphatic heterocycles. The zero-order chi connectivity index (χ0) is 8.55. The molecule has 1 aromatic rings. The van der Waals surface area contributed by atoms with Crippen LogP contribution >= 0.6 is 0 Å². The molecular weight excluding hydrogens is 146 g/mol. The van der Waals surface area contributed by atoms with Crippen LogP contribution in [0, 0.1) is 0 Å². The first kappa shape index (κ1) is 7.66. The number of rotatable bonds is 2. The molecule has 1 fully saturated rings. The summed E-state index contributed by atoms with van der Waals surface area (Å²) in [6.07, 6.45) is 3.85. The first-order chi connectivity index (χ1) is 5.81. The Labute approximate surface area is 73.6 Å². The third kappa shape index (κ3) is 1.31. The first-order valence-corrected chi connectivity index (χ1v) is 4.69. The van der Waals surface area contributed by atoms with Gasteiger partial charge in [-0.25, -0.2) is 0 Å². The summed E-state index contributed by atoms with van der Waals surface area (Å²) in [4.78, 5) is 0. The maximum atomic E-state index is 5.72. The topological polar surface area (TPSA) is 26.0 Å². The molecule has 1 heteroatoms. The summed E-state index contributed by atoms with van der Waals surface area (Å²) in [5, 5.41) is 0. The van der Waals surface area contributed by atoms with E-state index >= 15 is 0 Å². The Hall–Kier alpha value is -0.980. The molecular formula is C11H15N. The fraction of sp³-hybridized carbons (Fsp3) is 0.455. The highest BCUT2D eigenvalue weighted by Gasteiger charge is 2.25. The van der Waals surface area contributed by atoms with Crippen molar-refractivity contribution < 1.29 is 0 Å². The molecule has 64 valence electrons. The van der Waals surface area contributed by atoms with Crippen molar-refractivity contribution in [1.29, 1.82) is 0 Å². The smallest absolute Gasteiger partial charge is 0.0316 e. The minimum Gasteiger partial charge on any atom is -0.399 e. The summed E-state index contributed by atoms with van der Waals surface area (Å²) in [6, 6.07) is 6.34. The van der Waals surface area contributed by atoms with Crippen LogP contribution < -0.4 is 5.73 Å². The molecule has 0 atom stereocenters. The van der Waals surface area contributed by atoms with E-state index in [0.717, 1.165) is 18.0 Å². The van der Waals surface area contributed by atoms with E-state index in [1.165, 1.54) is 24.0 Å². The van der Waals surface area contributed by atoms with Crippen molar-refractivity contribution >= 4 is 5.69 Å². The van der Waals surface area contributed by atoms with E-state index in [-0.39, 0.29) is 0 Å². The van der Waals surface area contributed by atoms with Gasteiger partial charge in [0.15, 0.2) is 0 Å². The quantitative estimate of drug-likeness (QED) is 0.663. The average Bonchev–Trinajstić information content (AvgIpc) is 2.87. The fourth-order valence-corrected chi connectivity index (χ4v) is 1.72. The van der Waals surface area contributed by atoms with Crippen molar-refractivity contribution in [3.63, 3.8) is 0 Å². The largest absolute Gasteiger partial charge is 0.399 e. The van der Waals surface area contributed by atoms with Gasteiger partial charge in [-0.15, -0.1) is 0 Å². The van der Waals surface area contributed by atoms with Crippen molar-refractivity contribution in [2.75, 3.05) is 5.73 Å². The second-order valence-corrected chi connectivity index (χ2v) is 3.59. The molecule has 1 aliphatic rings. The highest BCUT2D eigenvalue weighted by molar-refractivity contribution is 5.46. The van der Waals surface area contributed by atoms with E-state index in [0.29, 0.717) is 0 Å². The lowest BCUT2D eigenvalue weighted by molar-refractivity contribution is 1.03. The summed E-state index contributed by atoms with van der Waals surface area (Å²) in [6.45, 7) is 2.20. The number of hydrogen-bond donors (Lipinski definition) is 1. The second-order valence-electron chi connectivity index (χ2n) is 3.59. The molecule has 1 aromatic carbocycles. The number of benzene rings is 1. The molecule has 0 heterocycles. The predicted octanol–water partition coefficient (Wildman–Crippen LogP) is 2.71. The summed E-state index contributed by atoms with van der Waals surface area (Å²) >= 11 is 0. The number of aryl methyl sites for hydroxylation is 1. The molecule has 12 heavy (non-hydrogen) atoms. The van der Waals surface area contributed by atoms with Crippen molar-refractivity contribution in [3.8, 4) is 0 Å². The van der Waals surface area contributed by atoms with Crippen LogP contribution in [0.3, 0.4) is 0 Å². The number of nitrogens with two attached hydrogens (primary N) is 1. The van der Waals surface area contributed by atoms with E-state index in [2.05, 4.69) is 19.1 Å². The SMILES string of the molecule is CCc1cc(N)ccc1C1CC1. The minimum atomic E-state index is 0.848. The third-order valence-corrected chi connectivity index (χ3v) is 2.57. The van der Waals surface area contributed by atoms with Crippen LogP contribution in [0.15, 0.2) is 18.2 Å². The second kappa shape index (κ2) is 2.81. The molecule has 0 radical (unpaired) electrons. The highest BCUT2D eigenvalue weighted by atomic mass is 14.5. The Morgan fingerprint density at radius 3 is 2.75 bits per heavy atom. The van der Waals surface area contributed by atoms with Crippen molar-refractivity contribution in [3.05, 3.63) is 29.3 Å². The van der Waals surface area contributed by atoms with Gasteiger partial charge < -0.3 is 5.73 Å². The van der Waals surface area contributed by atoms with Crippen LogP contribution in [0.25, 0.3) is 0 Å². The lowest BCUT2D eigenvalue weighted by Gasteiger charge is -2.06. The van der Waals surface area contributed by atoms with Crippen LogP contribution in [0.5, 0.6) is 0 Å². The Balaban J connectivity index is 2.38. The number of anilines is 1. The van der Waals surface area contributed by atoms with Gasteiger partial charge in [0.1, 0.15) is 0 Å². The van der Waals surface area contributed by atoms with Crippen molar-refractivity contribution in [2.24, 2.45) is 0 Å². The van der Waals surface area contributed by atoms with Gasteiger partial charge >= 0.3 is 0 Å². The lowest BCUT2D eigenvalue weighted by atomic mass is 10.0. The molecule has 1 aliphatic carbocycles. The van der Waals surface area contributed by atoms with Crippen LogP contribution in [-0.4, -0.2) is 0 Å². The maximum Gasteiger partial charge on any atom is 0.0316 e. The van der Waals surface area contributed by atoms with Crippen molar-refractivity contribution in [1.82, 2.24) is 0 Å². The monoisotopic (exact) mass is 161 g/mol. The molecule has 0 spiro atoms. The van der Waals surface area contributed by atoms with Gasteiger partial charge in [-0.3, -0.25) is 0 Å². The lowest BCUT2D eigenvalue weighted by Crippen LogP contribution is -1.93. The average molecular weight is 161 g/mol. The molecule has 0 unspecified atom stereocenters. The van der Waals surface area contributed by atoms with Crippen LogP contribution in [0.4, 0.5) is 5.69 Å². The zero-order valence-corrected chi connectivity index (χ0v) is 7.51. The molecule has 2 N–H and O–H groups in total. The summed E-state index contributed by atoms with van der Waals surface area (Å²) < 4.78 is 0. The minimum absolute atomic E-state index is 0.848. The standard InChI is InChI=1S/C11H15N/c1-2-8-7-10(12)5-6-11(8)9-3-4-9/h5-7,9H,2-4,12H2,1H3.